The van der Waals surface area contributed by atoms with Gasteiger partial charge in [-0.15, -0.1) is 0 Å². The van der Waals surface area contributed by atoms with Crippen molar-refractivity contribution >= 4 is 11.9 Å². The monoisotopic (exact) mass is 214 g/mol. The predicted octanol–water partition coefficient (Wildman–Crippen LogP) is -0.291. The van der Waals surface area contributed by atoms with Gasteiger partial charge in [0.25, 0.3) is 0 Å². The van der Waals surface area contributed by atoms with Crippen molar-refractivity contribution in [2.75, 3.05) is 0 Å². The minimum Gasteiger partial charge on any atom is -0.478 e. The van der Waals surface area contributed by atoms with Crippen molar-refractivity contribution < 1.29 is 40.9 Å². The minimum absolute atomic E-state index is 0. The van der Waals surface area contributed by atoms with E-state index < -0.39 is 11.9 Å². The van der Waals surface area contributed by atoms with Crippen molar-refractivity contribution in [2.24, 2.45) is 0 Å². The van der Waals surface area contributed by atoms with Gasteiger partial charge in [0.05, 0.1) is 0 Å². The van der Waals surface area contributed by atoms with Crippen LogP contribution in [0, 0.1) is 0 Å². The van der Waals surface area contributed by atoms with Crippen LogP contribution in [0.5, 0.6) is 0 Å². The molecule has 0 aromatic heterocycles. The number of aliphatic carboxylic acids is 2. The Kier molecular flexibility index (Phi) is 6.85. The second-order valence-electron chi connectivity index (χ2n) is 1.01. The van der Waals surface area contributed by atoms with Crippen molar-refractivity contribution in [3.63, 3.8) is 0 Å². The molecule has 0 radical (unpaired) electrons. The van der Waals surface area contributed by atoms with Crippen LogP contribution in [0.2, 0.25) is 0 Å². The van der Waals surface area contributed by atoms with Crippen LogP contribution in [0.25, 0.3) is 0 Å². The fourth-order valence-corrected chi connectivity index (χ4v) is 0.143. The second-order valence-corrected chi connectivity index (χ2v) is 1.01. The molecular weight excluding hydrogens is 208 g/mol. The van der Waals surface area contributed by atoms with Gasteiger partial charge in [0.2, 0.25) is 0 Å². The molecule has 0 rings (SSSR count). The van der Waals surface area contributed by atoms with Gasteiger partial charge >= 0.3 is 11.9 Å². The van der Waals surface area contributed by atoms with Crippen molar-refractivity contribution in [1.29, 1.82) is 0 Å². The molecule has 0 aromatic rings. The van der Waals surface area contributed by atoms with Crippen molar-refractivity contribution in [3.8, 4) is 0 Å². The summed E-state index contributed by atoms with van der Waals surface area (Å²) in [6, 6.07) is 0. The third-order valence-electron chi connectivity index (χ3n) is 0.368. The molecule has 9 heavy (non-hydrogen) atoms. The van der Waals surface area contributed by atoms with E-state index in [0.717, 1.165) is 0 Å². The molecular formula is C4H4MoO4. The average molecular weight is 212 g/mol. The van der Waals surface area contributed by atoms with Crippen molar-refractivity contribution in [1.82, 2.24) is 0 Å². The number of hydrogen-bond donors (Lipinski definition) is 2. The molecule has 50 valence electrons. The normalized spacial score (nSPS) is 8.44. The van der Waals surface area contributed by atoms with E-state index in [2.05, 4.69) is 0 Å². The molecule has 0 bridgehead atoms. The van der Waals surface area contributed by atoms with Crippen LogP contribution in [-0.2, 0) is 30.7 Å². The molecule has 0 fully saturated rings. The smallest absolute Gasteiger partial charge is 0.328 e. The van der Waals surface area contributed by atoms with Gasteiger partial charge in [-0.1, -0.05) is 0 Å². The summed E-state index contributed by atoms with van der Waals surface area (Å²) in [5, 5.41) is 15.6. The molecule has 5 heteroatoms. The van der Waals surface area contributed by atoms with E-state index in [4.69, 9.17) is 10.2 Å². The van der Waals surface area contributed by atoms with Crippen LogP contribution in [0.1, 0.15) is 0 Å². The Hall–Kier alpha value is -0.632. The molecule has 2 N–H and O–H groups in total. The summed E-state index contributed by atoms with van der Waals surface area (Å²) in [4.78, 5) is 19.1. The molecule has 0 heterocycles. The van der Waals surface area contributed by atoms with Crippen LogP contribution in [0.4, 0.5) is 0 Å². The fraction of sp³-hybridized carbons (Fsp3) is 0. The molecule has 0 amide bonds. The first-order valence-electron chi connectivity index (χ1n) is 1.77. The van der Waals surface area contributed by atoms with Gasteiger partial charge in [-0.3, -0.25) is 0 Å². The standard InChI is InChI=1S/C4H4O4.Mo/c5-3(6)1-2-4(7)8;/h1-2H,(H,5,6)(H,7,8);. The number of carbonyl (C=O) groups is 2. The van der Waals surface area contributed by atoms with E-state index in [9.17, 15) is 9.59 Å². The predicted molar refractivity (Wildman–Crippen MR) is 24.4 cm³/mol. The zero-order valence-electron chi connectivity index (χ0n) is 4.27. The van der Waals surface area contributed by atoms with E-state index in [-0.39, 0.29) is 21.1 Å². The zero-order valence-corrected chi connectivity index (χ0v) is 6.28. The average Bonchev–Trinajstić information content (AvgIpc) is 1.61. The van der Waals surface area contributed by atoms with Crippen LogP contribution in [0.3, 0.4) is 0 Å². The second kappa shape index (κ2) is 5.50. The number of carboxylic acids is 2. The van der Waals surface area contributed by atoms with Gasteiger partial charge in [-0.25, -0.2) is 9.59 Å². The quantitative estimate of drug-likeness (QED) is 0.487. The number of rotatable bonds is 2. The van der Waals surface area contributed by atoms with E-state index in [1.807, 2.05) is 0 Å². The van der Waals surface area contributed by atoms with Crippen LogP contribution in [0.15, 0.2) is 12.2 Å². The molecule has 0 aliphatic heterocycles. The maximum Gasteiger partial charge on any atom is 0.328 e. The molecule has 0 saturated carbocycles. The van der Waals surface area contributed by atoms with E-state index in [0.29, 0.717) is 12.2 Å². The first kappa shape index (κ1) is 11.2. The Morgan fingerprint density at radius 1 is 1.00 bits per heavy atom. The Labute approximate surface area is 65.4 Å². The molecule has 0 spiro atoms. The fourth-order valence-electron chi connectivity index (χ4n) is 0.143. The summed E-state index contributed by atoms with van der Waals surface area (Å²) >= 11 is 0. The SMILES string of the molecule is O=C(O)C=CC(=O)O.[Mo]. The van der Waals surface area contributed by atoms with Gasteiger partial charge in [0.15, 0.2) is 0 Å². The van der Waals surface area contributed by atoms with Crippen LogP contribution >= 0.6 is 0 Å². The molecule has 0 saturated heterocycles. The summed E-state index contributed by atoms with van der Waals surface area (Å²) < 4.78 is 0. The first-order valence-corrected chi connectivity index (χ1v) is 1.77. The summed E-state index contributed by atoms with van der Waals surface area (Å²) in [5.74, 6) is -2.51. The molecule has 0 unspecified atom stereocenters. The van der Waals surface area contributed by atoms with Crippen molar-refractivity contribution in [2.45, 2.75) is 0 Å². The van der Waals surface area contributed by atoms with Crippen LogP contribution in [-0.4, -0.2) is 22.2 Å². The van der Waals surface area contributed by atoms with Crippen molar-refractivity contribution in [3.05, 3.63) is 12.2 Å². The van der Waals surface area contributed by atoms with Gasteiger partial charge in [-0.05, 0) is 0 Å². The summed E-state index contributed by atoms with van der Waals surface area (Å²) in [5.41, 5.74) is 0. The summed E-state index contributed by atoms with van der Waals surface area (Å²) in [6.07, 6.45) is 1.12. The topological polar surface area (TPSA) is 74.6 Å². The van der Waals surface area contributed by atoms with Gasteiger partial charge < -0.3 is 10.2 Å². The van der Waals surface area contributed by atoms with Gasteiger partial charge in [0.1, 0.15) is 0 Å². The molecule has 0 aromatic carbocycles. The zero-order chi connectivity index (χ0) is 6.57. The summed E-state index contributed by atoms with van der Waals surface area (Å²) in [7, 11) is 0. The maximum absolute atomic E-state index is 9.55. The van der Waals surface area contributed by atoms with Crippen LogP contribution < -0.4 is 0 Å². The van der Waals surface area contributed by atoms with Gasteiger partial charge in [0, 0.05) is 33.2 Å². The largest absolute Gasteiger partial charge is 0.478 e. The maximum atomic E-state index is 9.55. The third-order valence-corrected chi connectivity index (χ3v) is 0.368. The Morgan fingerprint density at radius 3 is 1.33 bits per heavy atom. The molecule has 0 atom stereocenters. The summed E-state index contributed by atoms with van der Waals surface area (Å²) in [6.45, 7) is 0. The first-order chi connectivity index (χ1) is 3.63. The molecule has 4 nitrogen and oxygen atoms in total. The van der Waals surface area contributed by atoms with E-state index in [1.54, 1.807) is 0 Å². The van der Waals surface area contributed by atoms with E-state index in [1.165, 1.54) is 0 Å². The van der Waals surface area contributed by atoms with Gasteiger partial charge in [-0.2, -0.15) is 0 Å². The number of carboxylic acid groups (broad SMARTS) is 2. The molecule has 0 aliphatic carbocycles. The Balaban J connectivity index is 0. The molecule has 0 aliphatic rings. The third kappa shape index (κ3) is 11.1. The minimum atomic E-state index is -1.26. The Bertz CT molecular complexity index is 124. The Morgan fingerprint density at radius 2 is 1.22 bits per heavy atom. The van der Waals surface area contributed by atoms with E-state index >= 15 is 0 Å². The number of hydrogen-bond acceptors (Lipinski definition) is 2.